The maximum atomic E-state index is 11.6. The fourth-order valence-electron chi connectivity index (χ4n) is 1.53. The maximum absolute atomic E-state index is 11.6. The van der Waals surface area contributed by atoms with Crippen LogP contribution in [-0.4, -0.2) is 35.7 Å². The van der Waals surface area contributed by atoms with Gasteiger partial charge in [0.05, 0.1) is 7.11 Å². The number of carboxylic acid groups (broad SMARTS) is 1. The van der Waals surface area contributed by atoms with Crippen molar-refractivity contribution in [2.75, 3.05) is 7.11 Å². The molecule has 0 aromatic carbocycles. The van der Waals surface area contributed by atoms with Gasteiger partial charge in [0, 0.05) is 0 Å². The van der Waals surface area contributed by atoms with E-state index in [-0.39, 0.29) is 5.92 Å². The van der Waals surface area contributed by atoms with Crippen LogP contribution in [0.5, 0.6) is 0 Å². The third kappa shape index (κ3) is 4.73. The van der Waals surface area contributed by atoms with Gasteiger partial charge in [0.1, 0.15) is 11.6 Å². The Morgan fingerprint density at radius 2 is 1.94 bits per heavy atom. The summed E-state index contributed by atoms with van der Waals surface area (Å²) in [7, 11) is 1.31. The fraction of sp³-hybridized carbons (Fsp3) is 0.833. The monoisotopic (exact) mass is 245 g/mol. The quantitative estimate of drug-likeness (QED) is 0.663. The molecule has 0 saturated heterocycles. The molecule has 100 valence electrons. The van der Waals surface area contributed by atoms with E-state index < -0.39 is 23.5 Å². The van der Waals surface area contributed by atoms with Crippen LogP contribution in [0.25, 0.3) is 0 Å². The molecule has 5 nitrogen and oxygen atoms in total. The Labute approximate surface area is 103 Å². The standard InChI is InChI=1S/C12H23NO4/c1-6-12(4,11(15)16)13-9(7-8(2)3)10(14)17-5/h8-9,13H,6-7H2,1-5H3,(H,15,16). The number of hydrogen-bond acceptors (Lipinski definition) is 4. The zero-order chi connectivity index (χ0) is 13.6. The molecule has 0 saturated carbocycles. The first-order valence-corrected chi connectivity index (χ1v) is 5.85. The average molecular weight is 245 g/mol. The molecule has 0 bridgehead atoms. The van der Waals surface area contributed by atoms with E-state index in [1.807, 2.05) is 13.8 Å². The average Bonchev–Trinajstić information content (AvgIpc) is 2.25. The molecule has 0 aliphatic carbocycles. The molecule has 0 aliphatic heterocycles. The number of ether oxygens (including phenoxy) is 1. The second-order valence-electron chi connectivity index (χ2n) is 4.84. The number of methoxy groups -OCH3 is 1. The van der Waals surface area contributed by atoms with Gasteiger partial charge in [-0.15, -0.1) is 0 Å². The summed E-state index contributed by atoms with van der Waals surface area (Å²) in [5, 5.41) is 12.0. The summed E-state index contributed by atoms with van der Waals surface area (Å²) in [6, 6.07) is -0.582. The zero-order valence-corrected chi connectivity index (χ0v) is 11.2. The summed E-state index contributed by atoms with van der Waals surface area (Å²) in [5.41, 5.74) is -1.10. The number of nitrogens with one attached hydrogen (secondary N) is 1. The van der Waals surface area contributed by atoms with Crippen molar-refractivity contribution in [2.45, 2.75) is 52.1 Å². The largest absolute Gasteiger partial charge is 0.480 e. The van der Waals surface area contributed by atoms with E-state index in [0.29, 0.717) is 12.8 Å². The van der Waals surface area contributed by atoms with E-state index in [2.05, 4.69) is 10.1 Å². The number of aliphatic carboxylic acids is 1. The van der Waals surface area contributed by atoms with Crippen LogP contribution >= 0.6 is 0 Å². The highest BCUT2D eigenvalue weighted by Gasteiger charge is 2.36. The molecule has 0 spiro atoms. The van der Waals surface area contributed by atoms with Gasteiger partial charge in [-0.2, -0.15) is 0 Å². The molecular formula is C12H23NO4. The summed E-state index contributed by atoms with van der Waals surface area (Å²) in [6.07, 6.45) is 0.948. The molecule has 2 atom stereocenters. The lowest BCUT2D eigenvalue weighted by Gasteiger charge is -2.30. The first-order valence-electron chi connectivity index (χ1n) is 5.85. The van der Waals surface area contributed by atoms with E-state index in [4.69, 9.17) is 5.11 Å². The molecule has 5 heteroatoms. The predicted molar refractivity (Wildman–Crippen MR) is 64.7 cm³/mol. The molecular weight excluding hydrogens is 222 g/mol. The van der Waals surface area contributed by atoms with Crippen molar-refractivity contribution in [1.82, 2.24) is 5.32 Å². The fourth-order valence-corrected chi connectivity index (χ4v) is 1.53. The molecule has 2 N–H and O–H groups in total. The van der Waals surface area contributed by atoms with Gasteiger partial charge in [0.15, 0.2) is 0 Å². The van der Waals surface area contributed by atoms with Crippen LogP contribution in [0.1, 0.15) is 40.5 Å². The Morgan fingerprint density at radius 3 is 2.24 bits per heavy atom. The second-order valence-corrected chi connectivity index (χ2v) is 4.84. The van der Waals surface area contributed by atoms with Crippen molar-refractivity contribution >= 4 is 11.9 Å². The molecule has 0 aromatic heterocycles. The Balaban J connectivity index is 4.83. The number of hydrogen-bond donors (Lipinski definition) is 2. The van der Waals surface area contributed by atoms with Crippen molar-refractivity contribution in [1.29, 1.82) is 0 Å². The second kappa shape index (κ2) is 6.59. The molecule has 0 rings (SSSR count). The molecule has 0 aliphatic rings. The molecule has 0 radical (unpaired) electrons. The van der Waals surface area contributed by atoms with Gasteiger partial charge in [-0.1, -0.05) is 20.8 Å². The predicted octanol–water partition coefficient (Wildman–Crippen LogP) is 1.42. The highest BCUT2D eigenvalue weighted by atomic mass is 16.5. The van der Waals surface area contributed by atoms with Gasteiger partial charge in [-0.3, -0.25) is 14.9 Å². The summed E-state index contributed by atoms with van der Waals surface area (Å²) >= 11 is 0. The van der Waals surface area contributed by atoms with E-state index >= 15 is 0 Å². The van der Waals surface area contributed by atoms with Crippen LogP contribution in [0.15, 0.2) is 0 Å². The van der Waals surface area contributed by atoms with Crippen LogP contribution in [0.2, 0.25) is 0 Å². The van der Waals surface area contributed by atoms with Crippen LogP contribution in [0.3, 0.4) is 0 Å². The number of rotatable bonds is 7. The first-order chi connectivity index (χ1) is 7.76. The Kier molecular flexibility index (Phi) is 6.16. The lowest BCUT2D eigenvalue weighted by atomic mass is 9.95. The summed E-state index contributed by atoms with van der Waals surface area (Å²) in [6.45, 7) is 7.29. The van der Waals surface area contributed by atoms with Crippen LogP contribution in [-0.2, 0) is 14.3 Å². The van der Waals surface area contributed by atoms with E-state index in [9.17, 15) is 9.59 Å². The van der Waals surface area contributed by atoms with Crippen molar-refractivity contribution in [2.24, 2.45) is 5.92 Å². The molecule has 0 amide bonds. The van der Waals surface area contributed by atoms with Crippen molar-refractivity contribution in [3.8, 4) is 0 Å². The van der Waals surface area contributed by atoms with Crippen LogP contribution in [0, 0.1) is 5.92 Å². The minimum atomic E-state index is -1.10. The lowest BCUT2D eigenvalue weighted by Crippen LogP contribution is -2.56. The number of carboxylic acids is 1. The smallest absolute Gasteiger partial charge is 0.323 e. The normalized spacial score (nSPS) is 16.4. The number of esters is 1. The molecule has 0 fully saturated rings. The third-order valence-electron chi connectivity index (χ3n) is 2.86. The highest BCUT2D eigenvalue weighted by molar-refractivity contribution is 5.81. The van der Waals surface area contributed by atoms with Crippen molar-refractivity contribution in [3.05, 3.63) is 0 Å². The molecule has 0 aromatic rings. The summed E-state index contributed by atoms with van der Waals surface area (Å²) < 4.78 is 4.69. The Morgan fingerprint density at radius 1 is 1.41 bits per heavy atom. The first kappa shape index (κ1) is 15.9. The van der Waals surface area contributed by atoms with Crippen molar-refractivity contribution < 1.29 is 19.4 Å². The number of carbonyl (C=O) groups excluding carboxylic acids is 1. The van der Waals surface area contributed by atoms with E-state index in [1.54, 1.807) is 13.8 Å². The molecule has 0 heterocycles. The maximum Gasteiger partial charge on any atom is 0.323 e. The minimum Gasteiger partial charge on any atom is -0.480 e. The van der Waals surface area contributed by atoms with Crippen LogP contribution in [0.4, 0.5) is 0 Å². The molecule has 17 heavy (non-hydrogen) atoms. The minimum absolute atomic E-state index is 0.279. The van der Waals surface area contributed by atoms with E-state index in [1.165, 1.54) is 7.11 Å². The van der Waals surface area contributed by atoms with Gasteiger partial charge in [0.2, 0.25) is 0 Å². The number of carbonyl (C=O) groups is 2. The SMILES string of the molecule is CCC(C)(NC(CC(C)C)C(=O)OC)C(=O)O. The van der Waals surface area contributed by atoms with Gasteiger partial charge >= 0.3 is 11.9 Å². The Bertz CT molecular complexity index is 278. The third-order valence-corrected chi connectivity index (χ3v) is 2.86. The lowest BCUT2D eigenvalue weighted by molar-refractivity contribution is -0.148. The zero-order valence-electron chi connectivity index (χ0n) is 11.2. The summed E-state index contributed by atoms with van der Waals surface area (Å²) in [5.74, 6) is -1.10. The Hall–Kier alpha value is -1.10. The summed E-state index contributed by atoms with van der Waals surface area (Å²) in [4.78, 5) is 22.8. The van der Waals surface area contributed by atoms with Gasteiger partial charge < -0.3 is 9.84 Å². The van der Waals surface area contributed by atoms with Crippen molar-refractivity contribution in [3.63, 3.8) is 0 Å². The van der Waals surface area contributed by atoms with Gasteiger partial charge in [-0.25, -0.2) is 0 Å². The van der Waals surface area contributed by atoms with Gasteiger partial charge in [-0.05, 0) is 25.7 Å². The van der Waals surface area contributed by atoms with Gasteiger partial charge in [0.25, 0.3) is 0 Å². The topological polar surface area (TPSA) is 75.6 Å². The highest BCUT2D eigenvalue weighted by Crippen LogP contribution is 2.15. The molecule has 2 unspecified atom stereocenters. The van der Waals surface area contributed by atoms with E-state index in [0.717, 1.165) is 0 Å². The van der Waals surface area contributed by atoms with Crippen LogP contribution < -0.4 is 5.32 Å².